The molecule has 1 amide bonds. The van der Waals surface area contributed by atoms with Crippen LogP contribution in [0.2, 0.25) is 0 Å². The lowest BCUT2D eigenvalue weighted by Gasteiger charge is -2.39. The van der Waals surface area contributed by atoms with Crippen LogP contribution in [0.15, 0.2) is 48.8 Å². The molecule has 0 spiro atoms. The lowest BCUT2D eigenvalue weighted by Crippen LogP contribution is -2.57. The summed E-state index contributed by atoms with van der Waals surface area (Å²) in [5.74, 6) is 0.454. The zero-order valence-corrected chi connectivity index (χ0v) is 26.7. The third-order valence-corrected chi connectivity index (χ3v) is 9.22. The highest BCUT2D eigenvalue weighted by Crippen LogP contribution is 2.42. The number of amides is 1. The molecule has 2 N–H and O–H groups in total. The fraction of sp³-hybridized carbons (Fsp3) is 0.412. The topological polar surface area (TPSA) is 97.2 Å². The van der Waals surface area contributed by atoms with Gasteiger partial charge in [0.1, 0.15) is 18.0 Å². The Kier molecular flexibility index (Phi) is 8.17. The fourth-order valence-electron chi connectivity index (χ4n) is 6.23. The molecule has 2 aromatic heterocycles. The summed E-state index contributed by atoms with van der Waals surface area (Å²) >= 11 is 0. The molecule has 1 saturated heterocycles. The van der Waals surface area contributed by atoms with Gasteiger partial charge in [0.25, 0.3) is 5.91 Å². The number of benzene rings is 2. The van der Waals surface area contributed by atoms with Crippen LogP contribution in [0.3, 0.4) is 0 Å². The summed E-state index contributed by atoms with van der Waals surface area (Å²) in [7, 11) is 1.65. The van der Waals surface area contributed by atoms with E-state index < -0.39 is 35.9 Å². The van der Waals surface area contributed by atoms with Crippen molar-refractivity contribution in [1.82, 2.24) is 25.1 Å². The van der Waals surface area contributed by atoms with Crippen molar-refractivity contribution in [3.05, 3.63) is 76.6 Å². The second kappa shape index (κ2) is 12.1. The van der Waals surface area contributed by atoms with Crippen molar-refractivity contribution in [3.63, 3.8) is 0 Å². The van der Waals surface area contributed by atoms with E-state index in [1.807, 2.05) is 6.92 Å². The minimum atomic E-state index is -4.74. The molecule has 4 heterocycles. The van der Waals surface area contributed by atoms with E-state index >= 15 is 0 Å². The summed E-state index contributed by atoms with van der Waals surface area (Å²) in [5, 5.41) is 14.4. The molecule has 4 aromatic rings. The number of hydrogen-bond acceptors (Lipinski definition) is 7. The Balaban J connectivity index is 1.31. The average molecular weight is 686 g/mol. The van der Waals surface area contributed by atoms with Crippen molar-refractivity contribution in [2.75, 3.05) is 30.0 Å². The Hall–Kier alpha value is -4.50. The van der Waals surface area contributed by atoms with E-state index in [0.29, 0.717) is 37.1 Å². The first-order chi connectivity index (χ1) is 23.2. The number of hydrogen-bond donors (Lipinski definition) is 2. The van der Waals surface area contributed by atoms with Gasteiger partial charge in [0.05, 0.1) is 36.4 Å². The molecule has 1 aliphatic carbocycles. The van der Waals surface area contributed by atoms with E-state index in [1.54, 1.807) is 17.7 Å². The first kappa shape index (κ1) is 33.0. The van der Waals surface area contributed by atoms with E-state index in [2.05, 4.69) is 25.8 Å². The predicted molar refractivity (Wildman–Crippen MR) is 169 cm³/mol. The van der Waals surface area contributed by atoms with Crippen LogP contribution >= 0.6 is 0 Å². The minimum Gasteiger partial charge on any atom is -0.377 e. The van der Waals surface area contributed by atoms with Crippen LogP contribution in [0.4, 0.5) is 38.0 Å². The number of aryl methyl sites for hydroxylation is 1. The van der Waals surface area contributed by atoms with Crippen LogP contribution in [0, 0.1) is 5.92 Å². The van der Waals surface area contributed by atoms with Gasteiger partial charge in [0, 0.05) is 31.3 Å². The van der Waals surface area contributed by atoms with Crippen molar-refractivity contribution in [2.24, 2.45) is 13.0 Å². The minimum absolute atomic E-state index is 0.000811. The number of carbonyl (C=O) groups excluding carboxylic acids is 1. The highest BCUT2D eigenvalue weighted by atomic mass is 19.4. The number of rotatable bonds is 10. The van der Waals surface area contributed by atoms with Gasteiger partial charge in [-0.25, -0.2) is 4.98 Å². The van der Waals surface area contributed by atoms with Crippen LogP contribution in [-0.2, 0) is 37.2 Å². The number of carbonyl (C=O) groups is 1. The van der Waals surface area contributed by atoms with Crippen LogP contribution in [-0.4, -0.2) is 51.0 Å². The number of ether oxygens (including phenoxy) is 1. The summed E-state index contributed by atoms with van der Waals surface area (Å²) in [5.41, 5.74) is -1.46. The second-order valence-electron chi connectivity index (χ2n) is 13.2. The second-order valence-corrected chi connectivity index (χ2v) is 13.2. The molecule has 9 nitrogen and oxygen atoms in total. The maximum atomic E-state index is 14.4. The lowest BCUT2D eigenvalue weighted by atomic mass is 9.96. The summed E-state index contributed by atoms with van der Waals surface area (Å²) < 4.78 is 92.1. The molecule has 1 saturated carbocycles. The summed E-state index contributed by atoms with van der Waals surface area (Å²) in [6.45, 7) is 2.92. The first-order valence-corrected chi connectivity index (χ1v) is 15.9. The standard InChI is InChI=1S/C34H33F6N7O2/c1-32(16-49-17-32)42-14-20-9-25-26(27(10-20)34(38,39)40)15-47(31(25)48)29-12-21(11-28(44-29)41-8-7-19-3-4-19)24-13-22(33(35,36)37)5-6-23(24)30-45-43-18-46(30)2/h5-6,9-13,18-19,42H,3-4,7-8,14-17H2,1-2H3,(H,41,44). The molecule has 15 heteroatoms. The highest BCUT2D eigenvalue weighted by molar-refractivity contribution is 6.10. The average Bonchev–Trinajstić information content (AvgIpc) is 3.67. The van der Waals surface area contributed by atoms with Gasteiger partial charge in [-0.05, 0) is 84.0 Å². The van der Waals surface area contributed by atoms with Gasteiger partial charge in [-0.3, -0.25) is 9.69 Å². The van der Waals surface area contributed by atoms with Gasteiger partial charge >= 0.3 is 12.4 Å². The number of nitrogens with one attached hydrogen (secondary N) is 2. The van der Waals surface area contributed by atoms with Gasteiger partial charge in [-0.2, -0.15) is 26.3 Å². The first-order valence-electron chi connectivity index (χ1n) is 15.9. The Labute approximate surface area is 277 Å². The van der Waals surface area contributed by atoms with Crippen molar-refractivity contribution >= 4 is 17.5 Å². The molecule has 49 heavy (non-hydrogen) atoms. The number of alkyl halides is 6. The van der Waals surface area contributed by atoms with Crippen LogP contribution < -0.4 is 15.5 Å². The van der Waals surface area contributed by atoms with E-state index in [1.165, 1.54) is 24.5 Å². The molecule has 0 atom stereocenters. The number of aromatic nitrogens is 4. The molecule has 0 radical (unpaired) electrons. The highest BCUT2D eigenvalue weighted by Gasteiger charge is 2.41. The largest absolute Gasteiger partial charge is 0.416 e. The van der Waals surface area contributed by atoms with Crippen LogP contribution in [0.5, 0.6) is 0 Å². The molecular weight excluding hydrogens is 652 g/mol. The maximum Gasteiger partial charge on any atom is 0.416 e. The zero-order chi connectivity index (χ0) is 34.7. The Morgan fingerprint density at radius 2 is 1.76 bits per heavy atom. The van der Waals surface area contributed by atoms with Crippen molar-refractivity contribution in [2.45, 2.75) is 57.2 Å². The van der Waals surface area contributed by atoms with Gasteiger partial charge in [-0.15, -0.1) is 10.2 Å². The molecule has 7 rings (SSSR count). The number of halogens is 6. The van der Waals surface area contributed by atoms with E-state index in [-0.39, 0.29) is 51.5 Å². The van der Waals surface area contributed by atoms with E-state index in [4.69, 9.17) is 4.74 Å². The van der Waals surface area contributed by atoms with Crippen molar-refractivity contribution in [1.29, 1.82) is 0 Å². The molecule has 0 unspecified atom stereocenters. The van der Waals surface area contributed by atoms with Crippen molar-refractivity contribution < 1.29 is 35.9 Å². The van der Waals surface area contributed by atoms with Gasteiger partial charge < -0.3 is 19.9 Å². The Morgan fingerprint density at radius 3 is 2.39 bits per heavy atom. The Morgan fingerprint density at radius 1 is 0.980 bits per heavy atom. The normalized spacial score (nSPS) is 17.3. The Bertz CT molecular complexity index is 1910. The quantitative estimate of drug-likeness (QED) is 0.177. The number of nitrogens with zero attached hydrogens (tertiary/aromatic N) is 5. The molecule has 2 fully saturated rings. The van der Waals surface area contributed by atoms with E-state index in [9.17, 15) is 31.1 Å². The zero-order valence-electron chi connectivity index (χ0n) is 26.7. The summed E-state index contributed by atoms with van der Waals surface area (Å²) in [4.78, 5) is 19.7. The van der Waals surface area contributed by atoms with Crippen molar-refractivity contribution in [3.8, 4) is 22.5 Å². The molecule has 2 aliphatic heterocycles. The smallest absolute Gasteiger partial charge is 0.377 e. The van der Waals surface area contributed by atoms with Crippen LogP contribution in [0.1, 0.15) is 58.8 Å². The molecule has 2 aromatic carbocycles. The monoisotopic (exact) mass is 685 g/mol. The molecular formula is C34H33F6N7O2. The third kappa shape index (κ3) is 6.73. The molecule has 258 valence electrons. The SMILES string of the molecule is Cn1cnnc1-c1ccc(C(F)(F)F)cc1-c1cc(NCCC2CC2)nc(N2Cc3c(cc(CNC4(C)COC4)cc3C(F)(F)F)C2=O)c1. The molecule has 3 aliphatic rings. The van der Waals surface area contributed by atoms with E-state index in [0.717, 1.165) is 42.4 Å². The van der Waals surface area contributed by atoms with Crippen LogP contribution in [0.25, 0.3) is 22.5 Å². The third-order valence-electron chi connectivity index (χ3n) is 9.22. The fourth-order valence-corrected chi connectivity index (χ4v) is 6.23. The predicted octanol–water partition coefficient (Wildman–Crippen LogP) is 6.83. The lowest BCUT2D eigenvalue weighted by molar-refractivity contribution is -0.138. The van der Waals surface area contributed by atoms with Gasteiger partial charge in [0.2, 0.25) is 0 Å². The summed E-state index contributed by atoms with van der Waals surface area (Å²) in [6, 6.07) is 8.77. The van der Waals surface area contributed by atoms with Gasteiger partial charge in [-0.1, -0.05) is 12.8 Å². The number of pyridine rings is 1. The number of fused-ring (bicyclic) bond motifs is 1. The van der Waals surface area contributed by atoms with Gasteiger partial charge in [0.15, 0.2) is 5.82 Å². The molecule has 0 bridgehead atoms. The maximum absolute atomic E-state index is 14.4. The number of anilines is 2. The summed E-state index contributed by atoms with van der Waals surface area (Å²) in [6.07, 6.45) is -4.92.